The molecular formula is C55H92O5. The summed E-state index contributed by atoms with van der Waals surface area (Å²) >= 11 is 0. The van der Waals surface area contributed by atoms with E-state index in [-0.39, 0.29) is 25.2 Å². The number of rotatable bonds is 44. The molecule has 0 aliphatic carbocycles. The highest BCUT2D eigenvalue weighted by atomic mass is 16.6. The monoisotopic (exact) mass is 833 g/mol. The highest BCUT2D eigenvalue weighted by Crippen LogP contribution is 2.15. The van der Waals surface area contributed by atoms with E-state index in [1.54, 1.807) is 0 Å². The molecule has 60 heavy (non-hydrogen) atoms. The van der Waals surface area contributed by atoms with Crippen LogP contribution >= 0.6 is 0 Å². The normalized spacial score (nSPS) is 13.1. The van der Waals surface area contributed by atoms with Gasteiger partial charge >= 0.3 is 11.9 Å². The van der Waals surface area contributed by atoms with Crippen molar-refractivity contribution in [2.45, 2.75) is 225 Å². The predicted molar refractivity (Wildman–Crippen MR) is 260 cm³/mol. The average molecular weight is 833 g/mol. The summed E-state index contributed by atoms with van der Waals surface area (Å²) in [4.78, 5) is 24.3. The molecule has 5 nitrogen and oxygen atoms in total. The third-order valence-electron chi connectivity index (χ3n) is 10.4. The van der Waals surface area contributed by atoms with Gasteiger partial charge in [-0.3, -0.25) is 9.59 Å². The van der Waals surface area contributed by atoms with Crippen molar-refractivity contribution in [3.63, 3.8) is 0 Å². The molecule has 1 atom stereocenters. The summed E-state index contributed by atoms with van der Waals surface area (Å²) in [6, 6.07) is 0. The molecule has 0 radical (unpaired) electrons. The molecule has 0 aromatic carbocycles. The van der Waals surface area contributed by atoms with Crippen LogP contribution in [0.1, 0.15) is 219 Å². The Hall–Kier alpha value is -3.18. The van der Waals surface area contributed by atoms with Gasteiger partial charge in [-0.05, 0) is 89.9 Å². The maximum Gasteiger partial charge on any atom is 0.306 e. The summed E-state index contributed by atoms with van der Waals surface area (Å²) in [7, 11) is 0. The number of aliphatic hydroxyl groups excluding tert-OH is 1. The van der Waals surface area contributed by atoms with Gasteiger partial charge in [0.05, 0.1) is 6.61 Å². The van der Waals surface area contributed by atoms with Crippen molar-refractivity contribution < 1.29 is 24.2 Å². The lowest BCUT2D eigenvalue weighted by Crippen LogP contribution is -2.28. The summed E-state index contributed by atoms with van der Waals surface area (Å²) < 4.78 is 10.6. The van der Waals surface area contributed by atoms with Crippen LogP contribution in [-0.4, -0.2) is 36.4 Å². The maximum atomic E-state index is 12.2. The standard InChI is InChI=1S/C55H92O5/c1-3-5-7-9-11-13-15-16-17-18-19-20-21-22-23-24-25-26-27-28-29-30-31-32-33-34-35-36-37-38-40-42-44-46-48-50-55(58)60-53(51-56)52-59-54(57)49-47-45-43-41-39-14-12-10-8-6-4-2/h5,7,10-13,16-17,19-20,22-23,25-26,28-29,53,56H,3-4,6,8-9,14-15,18,21,24,27,30-52H2,1-2H3/b7-5-,12-10-,13-11-,17-16-,20-19-,23-22-,26-25-,29-28-. The van der Waals surface area contributed by atoms with E-state index < -0.39 is 6.10 Å². The van der Waals surface area contributed by atoms with E-state index in [0.717, 1.165) is 89.9 Å². The zero-order valence-corrected chi connectivity index (χ0v) is 38.9. The van der Waals surface area contributed by atoms with Crippen LogP contribution < -0.4 is 0 Å². The molecule has 0 heterocycles. The van der Waals surface area contributed by atoms with Crippen molar-refractivity contribution in [3.05, 3.63) is 97.2 Å². The van der Waals surface area contributed by atoms with E-state index in [9.17, 15) is 14.7 Å². The second kappa shape index (κ2) is 50.2. The smallest absolute Gasteiger partial charge is 0.306 e. The van der Waals surface area contributed by atoms with Gasteiger partial charge in [0.15, 0.2) is 6.10 Å². The van der Waals surface area contributed by atoms with Gasteiger partial charge in [-0.15, -0.1) is 0 Å². The summed E-state index contributed by atoms with van der Waals surface area (Å²) in [5.41, 5.74) is 0. The van der Waals surface area contributed by atoms with Crippen molar-refractivity contribution in [1.82, 2.24) is 0 Å². The van der Waals surface area contributed by atoms with Gasteiger partial charge in [0.2, 0.25) is 0 Å². The number of allylic oxidation sites excluding steroid dienone is 16. The van der Waals surface area contributed by atoms with Crippen LogP contribution in [0.2, 0.25) is 0 Å². The van der Waals surface area contributed by atoms with E-state index in [1.807, 2.05) is 0 Å². The lowest BCUT2D eigenvalue weighted by Gasteiger charge is -2.15. The molecule has 0 aromatic rings. The number of hydrogen-bond acceptors (Lipinski definition) is 5. The van der Waals surface area contributed by atoms with Crippen LogP contribution in [0.4, 0.5) is 0 Å². The van der Waals surface area contributed by atoms with E-state index in [1.165, 1.54) is 103 Å². The first-order valence-corrected chi connectivity index (χ1v) is 24.8. The van der Waals surface area contributed by atoms with Crippen LogP contribution in [0.15, 0.2) is 97.2 Å². The minimum Gasteiger partial charge on any atom is -0.462 e. The quantitative estimate of drug-likeness (QED) is 0.0376. The van der Waals surface area contributed by atoms with Gasteiger partial charge < -0.3 is 14.6 Å². The predicted octanol–water partition coefficient (Wildman–Crippen LogP) is 16.4. The Morgan fingerprint density at radius 3 is 1.10 bits per heavy atom. The third kappa shape index (κ3) is 47.5. The van der Waals surface area contributed by atoms with E-state index >= 15 is 0 Å². The fourth-order valence-corrected chi connectivity index (χ4v) is 6.63. The second-order valence-corrected chi connectivity index (χ2v) is 16.2. The fourth-order valence-electron chi connectivity index (χ4n) is 6.63. The first-order valence-electron chi connectivity index (χ1n) is 24.8. The summed E-state index contributed by atoms with van der Waals surface area (Å²) in [5.74, 6) is -0.606. The number of carbonyl (C=O) groups is 2. The third-order valence-corrected chi connectivity index (χ3v) is 10.4. The van der Waals surface area contributed by atoms with Crippen LogP contribution in [0.25, 0.3) is 0 Å². The molecule has 0 saturated carbocycles. The van der Waals surface area contributed by atoms with Gasteiger partial charge in [-0.2, -0.15) is 0 Å². The van der Waals surface area contributed by atoms with Crippen LogP contribution in [0.5, 0.6) is 0 Å². The average Bonchev–Trinajstić information content (AvgIpc) is 3.25. The number of ether oxygens (including phenoxy) is 2. The summed E-state index contributed by atoms with van der Waals surface area (Å²) in [6.07, 6.45) is 70.8. The first-order chi connectivity index (χ1) is 29.6. The van der Waals surface area contributed by atoms with Gasteiger partial charge in [0, 0.05) is 12.8 Å². The molecule has 0 aliphatic rings. The number of hydrogen-bond donors (Lipinski definition) is 1. The number of carbonyl (C=O) groups excluding carboxylic acids is 2. The molecule has 0 rings (SSSR count). The molecule has 0 amide bonds. The van der Waals surface area contributed by atoms with Crippen molar-refractivity contribution in [3.8, 4) is 0 Å². The molecule has 0 aromatic heterocycles. The minimum absolute atomic E-state index is 0.0735. The van der Waals surface area contributed by atoms with Gasteiger partial charge in [-0.25, -0.2) is 0 Å². The Labute approximate surface area is 370 Å². The Morgan fingerprint density at radius 2 is 0.717 bits per heavy atom. The van der Waals surface area contributed by atoms with E-state index in [2.05, 4.69) is 111 Å². The fraction of sp³-hybridized carbons (Fsp3) is 0.673. The molecule has 0 saturated heterocycles. The summed E-state index contributed by atoms with van der Waals surface area (Å²) in [5, 5.41) is 9.58. The summed E-state index contributed by atoms with van der Waals surface area (Å²) in [6.45, 7) is 3.97. The second-order valence-electron chi connectivity index (χ2n) is 16.2. The van der Waals surface area contributed by atoms with Gasteiger partial charge in [0.25, 0.3) is 0 Å². The lowest BCUT2D eigenvalue weighted by atomic mass is 10.0. The largest absolute Gasteiger partial charge is 0.462 e. The SMILES string of the molecule is CC/C=C\C/C=C\C/C=C\C/C=C\C/C=C\C/C=C\C/C=C\CCCCCCCCCCCCCCCC(=O)OC(CO)COC(=O)CCCCCCC/C=C\CCCC. The topological polar surface area (TPSA) is 72.8 Å². The highest BCUT2D eigenvalue weighted by molar-refractivity contribution is 5.70. The van der Waals surface area contributed by atoms with Crippen molar-refractivity contribution in [1.29, 1.82) is 0 Å². The van der Waals surface area contributed by atoms with Crippen molar-refractivity contribution >= 4 is 11.9 Å². The first kappa shape index (κ1) is 56.8. The number of aliphatic hydroxyl groups is 1. The van der Waals surface area contributed by atoms with Gasteiger partial charge in [0.1, 0.15) is 6.61 Å². The molecule has 5 heteroatoms. The maximum absolute atomic E-state index is 12.2. The Bertz CT molecular complexity index is 1170. The zero-order valence-electron chi connectivity index (χ0n) is 38.9. The van der Waals surface area contributed by atoms with Gasteiger partial charge in [-0.1, -0.05) is 214 Å². The van der Waals surface area contributed by atoms with Crippen molar-refractivity contribution in [2.75, 3.05) is 13.2 Å². The molecule has 0 aliphatic heterocycles. The number of esters is 2. The van der Waals surface area contributed by atoms with E-state index in [0.29, 0.717) is 12.8 Å². The Morgan fingerprint density at radius 1 is 0.400 bits per heavy atom. The Kier molecular flexibility index (Phi) is 47.5. The van der Waals surface area contributed by atoms with E-state index in [4.69, 9.17) is 9.47 Å². The van der Waals surface area contributed by atoms with Crippen molar-refractivity contribution in [2.24, 2.45) is 0 Å². The molecule has 0 bridgehead atoms. The lowest BCUT2D eigenvalue weighted by molar-refractivity contribution is -0.161. The highest BCUT2D eigenvalue weighted by Gasteiger charge is 2.16. The molecule has 1 unspecified atom stereocenters. The Balaban J connectivity index is 3.52. The minimum atomic E-state index is -0.779. The molecular weight excluding hydrogens is 741 g/mol. The molecule has 1 N–H and O–H groups in total. The number of unbranched alkanes of at least 4 members (excludes halogenated alkanes) is 20. The van der Waals surface area contributed by atoms with Crippen LogP contribution in [0, 0.1) is 0 Å². The van der Waals surface area contributed by atoms with Crippen LogP contribution in [-0.2, 0) is 19.1 Å². The molecule has 0 fully saturated rings. The molecule has 0 spiro atoms. The zero-order chi connectivity index (χ0) is 43.5. The molecule has 342 valence electrons. The van der Waals surface area contributed by atoms with Crippen LogP contribution in [0.3, 0.4) is 0 Å².